The van der Waals surface area contributed by atoms with Crippen LogP contribution in [0, 0.1) is 13.8 Å². The van der Waals surface area contributed by atoms with Crippen molar-refractivity contribution in [2.24, 2.45) is 0 Å². The molecule has 0 aliphatic heterocycles. The predicted molar refractivity (Wildman–Crippen MR) is 111 cm³/mol. The van der Waals surface area contributed by atoms with Gasteiger partial charge in [-0.25, -0.2) is 9.78 Å². The monoisotopic (exact) mass is 412 g/mol. The Morgan fingerprint density at radius 2 is 1.87 bits per heavy atom. The number of benzene rings is 1. The Morgan fingerprint density at radius 3 is 2.57 bits per heavy atom. The van der Waals surface area contributed by atoms with Crippen molar-refractivity contribution < 1.29 is 19.1 Å². The summed E-state index contributed by atoms with van der Waals surface area (Å²) >= 11 is 0. The molecule has 0 saturated heterocycles. The van der Waals surface area contributed by atoms with E-state index in [4.69, 9.17) is 9.47 Å². The Bertz CT molecular complexity index is 1150. The molecule has 2 aromatic heterocycles. The molecule has 2 N–H and O–H groups in total. The van der Waals surface area contributed by atoms with E-state index >= 15 is 0 Å². The Kier molecular flexibility index (Phi) is 6.31. The molecule has 9 nitrogen and oxygen atoms in total. The van der Waals surface area contributed by atoms with Crippen molar-refractivity contribution in [2.75, 3.05) is 27.4 Å². The van der Waals surface area contributed by atoms with E-state index in [-0.39, 0.29) is 30.2 Å². The number of amides is 1. The number of hydrogen-bond donors (Lipinski definition) is 2. The molecule has 30 heavy (non-hydrogen) atoms. The molecule has 9 heteroatoms. The first-order valence-corrected chi connectivity index (χ1v) is 9.41. The molecule has 3 rings (SSSR count). The lowest BCUT2D eigenvalue weighted by Gasteiger charge is -2.22. The summed E-state index contributed by atoms with van der Waals surface area (Å²) in [5.74, 6) is -0.486. The fourth-order valence-corrected chi connectivity index (χ4v) is 3.37. The van der Waals surface area contributed by atoms with Gasteiger partial charge in [-0.2, -0.15) is 0 Å². The van der Waals surface area contributed by atoms with Gasteiger partial charge in [0.2, 0.25) is 0 Å². The summed E-state index contributed by atoms with van der Waals surface area (Å²) < 4.78 is 9.95. The zero-order valence-electron chi connectivity index (χ0n) is 17.4. The molecule has 3 aromatic rings. The van der Waals surface area contributed by atoms with Crippen LogP contribution in [0.5, 0.6) is 0 Å². The highest BCUT2D eigenvalue weighted by Gasteiger charge is 2.26. The summed E-state index contributed by atoms with van der Waals surface area (Å²) in [6, 6.07) is 7.00. The van der Waals surface area contributed by atoms with E-state index in [1.165, 1.54) is 19.1 Å². The SMILES string of the molecule is COCCN(Cc1nc2ccccc2c(=O)[nH]1)C(=O)c1[nH]c(C)c(C(=O)OC)c1C. The van der Waals surface area contributed by atoms with E-state index in [9.17, 15) is 14.4 Å². The topological polar surface area (TPSA) is 117 Å². The molecule has 0 saturated carbocycles. The number of aromatic nitrogens is 3. The average Bonchev–Trinajstić information content (AvgIpc) is 3.04. The summed E-state index contributed by atoms with van der Waals surface area (Å²) in [4.78, 5) is 49.4. The molecule has 0 atom stereocenters. The molecule has 0 aliphatic rings. The van der Waals surface area contributed by atoms with Crippen LogP contribution >= 0.6 is 0 Å². The fourth-order valence-electron chi connectivity index (χ4n) is 3.37. The first-order chi connectivity index (χ1) is 14.4. The number of carbonyl (C=O) groups is 2. The van der Waals surface area contributed by atoms with Gasteiger partial charge < -0.3 is 24.3 Å². The predicted octanol–water partition coefficient (Wildman–Crippen LogP) is 1.94. The number of aromatic amines is 2. The van der Waals surface area contributed by atoms with Crippen LogP contribution in [0.4, 0.5) is 0 Å². The molecule has 0 spiro atoms. The number of H-pyrrole nitrogens is 2. The quantitative estimate of drug-likeness (QED) is 0.573. The lowest BCUT2D eigenvalue weighted by Crippen LogP contribution is -2.35. The van der Waals surface area contributed by atoms with Crippen LogP contribution in [-0.4, -0.2) is 59.1 Å². The van der Waals surface area contributed by atoms with E-state index in [1.54, 1.807) is 38.1 Å². The number of nitrogens with zero attached hydrogens (tertiary/aromatic N) is 2. The highest BCUT2D eigenvalue weighted by molar-refractivity contribution is 6.00. The van der Waals surface area contributed by atoms with Gasteiger partial charge in [0.15, 0.2) is 0 Å². The van der Waals surface area contributed by atoms with Gasteiger partial charge in [-0.05, 0) is 31.5 Å². The summed E-state index contributed by atoms with van der Waals surface area (Å²) in [7, 11) is 2.83. The summed E-state index contributed by atoms with van der Waals surface area (Å²) in [6.45, 7) is 4.04. The molecule has 158 valence electrons. The maximum Gasteiger partial charge on any atom is 0.339 e. The smallest absolute Gasteiger partial charge is 0.339 e. The van der Waals surface area contributed by atoms with Gasteiger partial charge in [-0.1, -0.05) is 12.1 Å². The van der Waals surface area contributed by atoms with Crippen molar-refractivity contribution in [2.45, 2.75) is 20.4 Å². The van der Waals surface area contributed by atoms with E-state index in [1.807, 2.05) is 0 Å². The van der Waals surface area contributed by atoms with Crippen LogP contribution in [0.25, 0.3) is 10.9 Å². The minimum atomic E-state index is -0.510. The van der Waals surface area contributed by atoms with Crippen LogP contribution in [0.1, 0.15) is 37.9 Å². The van der Waals surface area contributed by atoms with E-state index in [0.29, 0.717) is 40.2 Å². The van der Waals surface area contributed by atoms with Crippen LogP contribution in [0.3, 0.4) is 0 Å². The number of ether oxygens (including phenoxy) is 2. The molecular weight excluding hydrogens is 388 g/mol. The second kappa shape index (κ2) is 8.91. The number of aryl methyl sites for hydroxylation is 1. The maximum absolute atomic E-state index is 13.3. The van der Waals surface area contributed by atoms with Crippen LogP contribution < -0.4 is 5.56 Å². The second-order valence-corrected chi connectivity index (χ2v) is 6.87. The van der Waals surface area contributed by atoms with E-state index < -0.39 is 5.97 Å². The maximum atomic E-state index is 13.3. The Hall–Kier alpha value is -3.46. The highest BCUT2D eigenvalue weighted by atomic mass is 16.5. The fraction of sp³-hybridized carbons (Fsp3) is 0.333. The molecule has 0 unspecified atom stereocenters. The average molecular weight is 412 g/mol. The van der Waals surface area contributed by atoms with Crippen molar-refractivity contribution in [3.63, 3.8) is 0 Å². The van der Waals surface area contributed by atoms with Crippen molar-refractivity contribution in [3.05, 3.63) is 63.0 Å². The minimum Gasteiger partial charge on any atom is -0.465 e. The van der Waals surface area contributed by atoms with Gasteiger partial charge in [0, 0.05) is 19.3 Å². The highest BCUT2D eigenvalue weighted by Crippen LogP contribution is 2.21. The number of para-hydroxylation sites is 1. The van der Waals surface area contributed by atoms with Crippen LogP contribution in [0.15, 0.2) is 29.1 Å². The van der Waals surface area contributed by atoms with Gasteiger partial charge in [0.05, 0.1) is 36.7 Å². The van der Waals surface area contributed by atoms with Crippen molar-refractivity contribution in [3.8, 4) is 0 Å². The van der Waals surface area contributed by atoms with Gasteiger partial charge in [0.25, 0.3) is 11.5 Å². The molecule has 0 fully saturated rings. The third-order valence-corrected chi connectivity index (χ3v) is 4.90. The molecular formula is C21H24N4O5. The number of hydrogen-bond acceptors (Lipinski definition) is 6. The number of methoxy groups -OCH3 is 2. The molecule has 0 bridgehead atoms. The third-order valence-electron chi connectivity index (χ3n) is 4.90. The molecule has 1 amide bonds. The van der Waals surface area contributed by atoms with Crippen LogP contribution in [-0.2, 0) is 16.0 Å². The van der Waals surface area contributed by atoms with Gasteiger partial charge in [-0.3, -0.25) is 9.59 Å². The number of carbonyl (C=O) groups excluding carboxylic acids is 2. The van der Waals surface area contributed by atoms with Gasteiger partial charge in [0.1, 0.15) is 11.5 Å². The van der Waals surface area contributed by atoms with E-state index in [0.717, 1.165) is 0 Å². The van der Waals surface area contributed by atoms with Gasteiger partial charge in [-0.15, -0.1) is 0 Å². The van der Waals surface area contributed by atoms with Crippen LogP contribution in [0.2, 0.25) is 0 Å². The number of nitrogens with one attached hydrogen (secondary N) is 2. The number of fused-ring (bicyclic) bond motifs is 1. The van der Waals surface area contributed by atoms with Gasteiger partial charge >= 0.3 is 5.97 Å². The molecule has 0 aliphatic carbocycles. The Labute approximate surface area is 173 Å². The first-order valence-electron chi connectivity index (χ1n) is 9.41. The molecule has 0 radical (unpaired) electrons. The number of esters is 1. The summed E-state index contributed by atoms with van der Waals surface area (Å²) in [5.41, 5.74) is 1.96. The van der Waals surface area contributed by atoms with E-state index in [2.05, 4.69) is 15.0 Å². The third kappa shape index (κ3) is 4.11. The lowest BCUT2D eigenvalue weighted by atomic mass is 10.1. The largest absolute Gasteiger partial charge is 0.465 e. The zero-order valence-corrected chi connectivity index (χ0v) is 17.4. The van der Waals surface area contributed by atoms with Crippen molar-refractivity contribution in [1.82, 2.24) is 19.9 Å². The Morgan fingerprint density at radius 1 is 1.13 bits per heavy atom. The first kappa shape index (κ1) is 21.3. The Balaban J connectivity index is 1.96. The normalized spacial score (nSPS) is 10.9. The summed E-state index contributed by atoms with van der Waals surface area (Å²) in [6.07, 6.45) is 0. The standard InChI is InChI=1S/C21H24N4O5/c1-12-17(21(28)30-4)13(2)22-18(12)20(27)25(9-10-29-3)11-16-23-15-8-6-5-7-14(15)19(26)24-16/h5-8,22H,9-11H2,1-4H3,(H,23,24,26). The summed E-state index contributed by atoms with van der Waals surface area (Å²) in [5, 5.41) is 0.481. The molecule has 1 aromatic carbocycles. The zero-order chi connectivity index (χ0) is 21.8. The number of rotatable bonds is 7. The van der Waals surface area contributed by atoms with Crippen molar-refractivity contribution in [1.29, 1.82) is 0 Å². The minimum absolute atomic E-state index is 0.0767. The second-order valence-electron chi connectivity index (χ2n) is 6.87. The van der Waals surface area contributed by atoms with Crippen molar-refractivity contribution >= 4 is 22.8 Å². The lowest BCUT2D eigenvalue weighted by molar-refractivity contribution is 0.0599. The molecule has 2 heterocycles.